The van der Waals surface area contributed by atoms with E-state index in [9.17, 15) is 0 Å². The third-order valence-corrected chi connectivity index (χ3v) is 3.19. The monoisotopic (exact) mass is 252 g/mol. The lowest BCUT2D eigenvalue weighted by Crippen LogP contribution is -2.18. The molecule has 0 aliphatic heterocycles. The number of pyridine rings is 2. The number of hydrogen-bond donors (Lipinski definition) is 1. The molecular weight excluding hydrogens is 236 g/mol. The Morgan fingerprint density at radius 2 is 2.21 bits per heavy atom. The van der Waals surface area contributed by atoms with Crippen molar-refractivity contribution in [1.29, 1.82) is 0 Å². The Balaban J connectivity index is 1.69. The molecule has 0 saturated carbocycles. The normalized spacial score (nSPS) is 12.7. The van der Waals surface area contributed by atoms with Crippen LogP contribution in [0.15, 0.2) is 55.1 Å². The molecule has 0 radical (unpaired) electrons. The minimum absolute atomic E-state index is 0.263. The molecule has 0 spiro atoms. The number of hydrogen-bond acceptors (Lipinski definition) is 3. The molecule has 0 fully saturated rings. The molecule has 19 heavy (non-hydrogen) atoms. The van der Waals surface area contributed by atoms with Crippen LogP contribution in [0, 0.1) is 0 Å². The van der Waals surface area contributed by atoms with E-state index in [1.807, 2.05) is 41.1 Å². The van der Waals surface area contributed by atoms with Crippen molar-refractivity contribution in [2.24, 2.45) is 0 Å². The number of aromatic nitrogens is 3. The molecule has 4 heteroatoms. The quantitative estimate of drug-likeness (QED) is 0.776. The fraction of sp³-hybridized carbons (Fsp3) is 0.200. The van der Waals surface area contributed by atoms with Gasteiger partial charge in [-0.2, -0.15) is 0 Å². The topological polar surface area (TPSA) is 42.2 Å². The van der Waals surface area contributed by atoms with Crippen LogP contribution in [0.1, 0.15) is 24.2 Å². The summed E-state index contributed by atoms with van der Waals surface area (Å²) in [6.07, 6.45) is 7.74. The minimum Gasteiger partial charge on any atom is -0.307 e. The highest BCUT2D eigenvalue weighted by molar-refractivity contribution is 5.39. The van der Waals surface area contributed by atoms with Crippen LogP contribution < -0.4 is 5.32 Å². The van der Waals surface area contributed by atoms with Gasteiger partial charge < -0.3 is 9.72 Å². The van der Waals surface area contributed by atoms with Crippen LogP contribution in [-0.2, 0) is 6.54 Å². The molecule has 3 heterocycles. The number of nitrogens with one attached hydrogen (secondary N) is 1. The largest absolute Gasteiger partial charge is 0.307 e. The lowest BCUT2D eigenvalue weighted by Gasteiger charge is -2.12. The second kappa shape index (κ2) is 5.20. The molecular formula is C15H16N4. The summed E-state index contributed by atoms with van der Waals surface area (Å²) in [5, 5.41) is 3.46. The van der Waals surface area contributed by atoms with Crippen molar-refractivity contribution in [3.63, 3.8) is 0 Å². The van der Waals surface area contributed by atoms with Gasteiger partial charge in [0, 0.05) is 37.4 Å². The fourth-order valence-corrected chi connectivity index (χ4v) is 2.08. The zero-order valence-electron chi connectivity index (χ0n) is 10.8. The summed E-state index contributed by atoms with van der Waals surface area (Å²) in [5.41, 5.74) is 3.21. The average Bonchev–Trinajstić information content (AvgIpc) is 2.88. The predicted molar refractivity (Wildman–Crippen MR) is 74.7 cm³/mol. The molecule has 1 unspecified atom stereocenters. The van der Waals surface area contributed by atoms with E-state index < -0.39 is 0 Å². The van der Waals surface area contributed by atoms with Gasteiger partial charge in [0.1, 0.15) is 5.65 Å². The fourth-order valence-electron chi connectivity index (χ4n) is 2.08. The molecule has 1 atom stereocenters. The van der Waals surface area contributed by atoms with Crippen molar-refractivity contribution in [3.8, 4) is 0 Å². The molecule has 0 aliphatic rings. The summed E-state index contributed by atoms with van der Waals surface area (Å²) in [4.78, 5) is 8.70. The first-order valence-corrected chi connectivity index (χ1v) is 6.39. The Morgan fingerprint density at radius 1 is 1.26 bits per heavy atom. The van der Waals surface area contributed by atoms with E-state index in [4.69, 9.17) is 0 Å². The Kier molecular flexibility index (Phi) is 3.25. The number of rotatable bonds is 4. The van der Waals surface area contributed by atoms with Crippen molar-refractivity contribution in [2.75, 3.05) is 0 Å². The SMILES string of the molecule is CC(NCc1cn2ccccc2n1)c1cccnc1. The van der Waals surface area contributed by atoms with Gasteiger partial charge in [0.2, 0.25) is 0 Å². The third-order valence-electron chi connectivity index (χ3n) is 3.19. The molecule has 4 nitrogen and oxygen atoms in total. The van der Waals surface area contributed by atoms with Gasteiger partial charge in [0.05, 0.1) is 5.69 Å². The summed E-state index contributed by atoms with van der Waals surface area (Å²) in [6.45, 7) is 2.88. The van der Waals surface area contributed by atoms with Crippen LogP contribution in [0.5, 0.6) is 0 Å². The second-order valence-corrected chi connectivity index (χ2v) is 4.59. The van der Waals surface area contributed by atoms with Crippen LogP contribution in [0.3, 0.4) is 0 Å². The van der Waals surface area contributed by atoms with E-state index in [1.165, 1.54) is 5.56 Å². The highest BCUT2D eigenvalue weighted by Gasteiger charge is 2.06. The Hall–Kier alpha value is -2.20. The summed E-state index contributed by atoms with van der Waals surface area (Å²) in [5.74, 6) is 0. The van der Waals surface area contributed by atoms with Gasteiger partial charge in [-0.15, -0.1) is 0 Å². The second-order valence-electron chi connectivity index (χ2n) is 4.59. The van der Waals surface area contributed by atoms with Gasteiger partial charge in [-0.1, -0.05) is 12.1 Å². The van der Waals surface area contributed by atoms with E-state index in [-0.39, 0.29) is 6.04 Å². The van der Waals surface area contributed by atoms with Crippen LogP contribution in [0.2, 0.25) is 0 Å². The highest BCUT2D eigenvalue weighted by atomic mass is 15.0. The third kappa shape index (κ3) is 2.63. The van der Waals surface area contributed by atoms with Crippen molar-refractivity contribution < 1.29 is 0 Å². The predicted octanol–water partition coefficient (Wildman–Crippen LogP) is 2.58. The van der Waals surface area contributed by atoms with Gasteiger partial charge in [0.25, 0.3) is 0 Å². The van der Waals surface area contributed by atoms with Crippen molar-refractivity contribution in [2.45, 2.75) is 19.5 Å². The van der Waals surface area contributed by atoms with Crippen LogP contribution in [0.4, 0.5) is 0 Å². The first-order valence-electron chi connectivity index (χ1n) is 6.39. The van der Waals surface area contributed by atoms with E-state index in [1.54, 1.807) is 6.20 Å². The van der Waals surface area contributed by atoms with Crippen molar-refractivity contribution in [3.05, 3.63) is 66.4 Å². The molecule has 0 aromatic carbocycles. The summed E-state index contributed by atoms with van der Waals surface area (Å²) in [6, 6.07) is 10.3. The van der Waals surface area contributed by atoms with E-state index >= 15 is 0 Å². The van der Waals surface area contributed by atoms with E-state index in [0.717, 1.165) is 17.9 Å². The smallest absolute Gasteiger partial charge is 0.137 e. The zero-order valence-corrected chi connectivity index (χ0v) is 10.8. The van der Waals surface area contributed by atoms with Gasteiger partial charge in [0.15, 0.2) is 0 Å². The van der Waals surface area contributed by atoms with E-state index in [0.29, 0.717) is 0 Å². The van der Waals surface area contributed by atoms with Crippen LogP contribution in [0.25, 0.3) is 5.65 Å². The Morgan fingerprint density at radius 3 is 3.00 bits per heavy atom. The molecule has 3 aromatic heterocycles. The molecule has 1 N–H and O–H groups in total. The molecule has 3 rings (SSSR count). The molecule has 3 aromatic rings. The number of imidazole rings is 1. The molecule has 0 amide bonds. The van der Waals surface area contributed by atoms with Gasteiger partial charge in [-0.05, 0) is 30.7 Å². The van der Waals surface area contributed by atoms with Crippen molar-refractivity contribution >= 4 is 5.65 Å². The zero-order chi connectivity index (χ0) is 13.1. The van der Waals surface area contributed by atoms with Gasteiger partial charge in [-0.25, -0.2) is 4.98 Å². The lowest BCUT2D eigenvalue weighted by atomic mass is 10.1. The molecule has 0 saturated heterocycles. The molecule has 0 bridgehead atoms. The summed E-state index contributed by atoms with van der Waals surface area (Å²) < 4.78 is 2.03. The number of fused-ring (bicyclic) bond motifs is 1. The van der Waals surface area contributed by atoms with Crippen LogP contribution in [-0.4, -0.2) is 14.4 Å². The highest BCUT2D eigenvalue weighted by Crippen LogP contribution is 2.11. The van der Waals surface area contributed by atoms with E-state index in [2.05, 4.69) is 34.5 Å². The Labute approximate surface area is 112 Å². The molecule has 0 aliphatic carbocycles. The van der Waals surface area contributed by atoms with Crippen LogP contribution >= 0.6 is 0 Å². The first kappa shape index (κ1) is 11.9. The Bertz CT molecular complexity index is 627. The maximum Gasteiger partial charge on any atom is 0.137 e. The minimum atomic E-state index is 0.263. The van der Waals surface area contributed by atoms with Gasteiger partial charge >= 0.3 is 0 Å². The first-order chi connectivity index (χ1) is 9.33. The van der Waals surface area contributed by atoms with Gasteiger partial charge in [-0.3, -0.25) is 4.98 Å². The number of nitrogens with zero attached hydrogens (tertiary/aromatic N) is 3. The summed E-state index contributed by atoms with van der Waals surface area (Å²) in [7, 11) is 0. The lowest BCUT2D eigenvalue weighted by molar-refractivity contribution is 0.567. The summed E-state index contributed by atoms with van der Waals surface area (Å²) >= 11 is 0. The molecule has 96 valence electrons. The standard InChI is InChI=1S/C15H16N4/c1-12(13-5-4-7-16-9-13)17-10-14-11-19-8-3-2-6-15(19)18-14/h2-9,11-12,17H,10H2,1H3. The maximum atomic E-state index is 4.56. The van der Waals surface area contributed by atoms with Crippen molar-refractivity contribution in [1.82, 2.24) is 19.7 Å². The average molecular weight is 252 g/mol. The maximum absolute atomic E-state index is 4.56.